The molecule has 0 aliphatic carbocycles. The quantitative estimate of drug-likeness (QED) is 0.596. The van der Waals surface area contributed by atoms with Gasteiger partial charge in [-0.25, -0.2) is 5.12 Å². The van der Waals surface area contributed by atoms with Crippen LogP contribution in [0.2, 0.25) is 0 Å². The van der Waals surface area contributed by atoms with E-state index < -0.39 is 0 Å². The number of hydrazine groups is 1. The van der Waals surface area contributed by atoms with Crippen LogP contribution in [0.4, 0.5) is 0 Å². The number of nitrogens with one attached hydrogen (secondary N) is 1. The molecule has 2 atom stereocenters. The van der Waals surface area contributed by atoms with Crippen LogP contribution in [0.3, 0.4) is 0 Å². The Hall–Kier alpha value is -0.720. The Morgan fingerprint density at radius 3 is 2.92 bits per heavy atom. The lowest BCUT2D eigenvalue weighted by Gasteiger charge is -2.34. The lowest BCUT2D eigenvalue weighted by atomic mass is 10.2. The minimum absolute atomic E-state index is 0.0373. The van der Waals surface area contributed by atoms with Crippen LogP contribution in [-0.4, -0.2) is 56.1 Å². The number of likely N-dealkylation sites (N-methyl/N-ethyl adjacent to an activating group) is 1. The van der Waals surface area contributed by atoms with Crippen molar-refractivity contribution in [1.82, 2.24) is 15.4 Å². The summed E-state index contributed by atoms with van der Waals surface area (Å²) in [6, 6.07) is 0.294. The van der Waals surface area contributed by atoms with E-state index in [9.17, 15) is 0 Å². The van der Waals surface area contributed by atoms with E-state index >= 15 is 0 Å². The predicted octanol–water partition coefficient (Wildman–Crippen LogP) is -0.540. The molecule has 6 nitrogen and oxygen atoms in total. The molecular formula is C7H15N5O. The topological polar surface area (TPSA) is 52.5 Å². The molecule has 0 spiro atoms. The third kappa shape index (κ3) is 1.79. The Morgan fingerprint density at radius 1 is 1.46 bits per heavy atom. The van der Waals surface area contributed by atoms with E-state index in [1.165, 1.54) is 0 Å². The number of ether oxygens (including phenoxy) is 1. The van der Waals surface area contributed by atoms with Crippen molar-refractivity contribution in [3.05, 3.63) is 0 Å². The van der Waals surface area contributed by atoms with Crippen molar-refractivity contribution in [2.75, 3.05) is 33.9 Å². The van der Waals surface area contributed by atoms with Crippen molar-refractivity contribution in [2.45, 2.75) is 12.2 Å². The van der Waals surface area contributed by atoms with E-state index in [1.54, 1.807) is 5.12 Å². The van der Waals surface area contributed by atoms with Crippen LogP contribution in [0.15, 0.2) is 10.3 Å². The summed E-state index contributed by atoms with van der Waals surface area (Å²) in [7, 11) is 3.93. The molecule has 6 heteroatoms. The molecule has 2 rings (SSSR count). The predicted molar refractivity (Wildman–Crippen MR) is 46.8 cm³/mol. The summed E-state index contributed by atoms with van der Waals surface area (Å²) in [6.07, 6.45) is 0.0373. The summed E-state index contributed by atoms with van der Waals surface area (Å²) in [5, 5.41) is 9.63. The molecule has 2 aliphatic heterocycles. The van der Waals surface area contributed by atoms with E-state index in [0.717, 1.165) is 19.8 Å². The number of hydrogen-bond acceptors (Lipinski definition) is 6. The summed E-state index contributed by atoms with van der Waals surface area (Å²) in [6.45, 7) is 2.50. The Morgan fingerprint density at radius 2 is 2.31 bits per heavy atom. The van der Waals surface area contributed by atoms with E-state index in [0.29, 0.717) is 6.04 Å². The van der Waals surface area contributed by atoms with Crippen LogP contribution in [-0.2, 0) is 4.74 Å². The second-order valence-electron chi connectivity index (χ2n) is 3.43. The van der Waals surface area contributed by atoms with Crippen molar-refractivity contribution in [2.24, 2.45) is 10.3 Å². The highest BCUT2D eigenvalue weighted by Crippen LogP contribution is 2.13. The monoisotopic (exact) mass is 185 g/mol. The number of hydrogen-bond donors (Lipinski definition) is 1. The molecule has 0 amide bonds. The maximum atomic E-state index is 5.40. The molecule has 0 saturated carbocycles. The molecular weight excluding hydrogens is 170 g/mol. The average Bonchev–Trinajstić information content (AvgIpc) is 2.53. The van der Waals surface area contributed by atoms with Gasteiger partial charge in [0.1, 0.15) is 0 Å². The standard InChI is InChI=1S/C7H15N5O/c1-11-3-4-13-5-6(11)7-8-10-12(2)9-7/h6-7,9H,3-5H2,1-2H3. The molecule has 1 N–H and O–H groups in total. The minimum atomic E-state index is 0.0373. The van der Waals surface area contributed by atoms with Gasteiger partial charge in [0, 0.05) is 13.6 Å². The van der Waals surface area contributed by atoms with Crippen molar-refractivity contribution < 1.29 is 4.74 Å². The Balaban J connectivity index is 1.95. The van der Waals surface area contributed by atoms with Gasteiger partial charge in [-0.15, -0.1) is 5.11 Å². The molecule has 0 aromatic heterocycles. The van der Waals surface area contributed by atoms with Gasteiger partial charge in [-0.2, -0.15) is 5.43 Å². The number of nitrogens with zero attached hydrogens (tertiary/aromatic N) is 4. The van der Waals surface area contributed by atoms with Crippen LogP contribution in [0, 0.1) is 0 Å². The van der Waals surface area contributed by atoms with Crippen LogP contribution >= 0.6 is 0 Å². The third-order valence-corrected chi connectivity index (χ3v) is 2.44. The maximum absolute atomic E-state index is 5.40. The van der Waals surface area contributed by atoms with Gasteiger partial charge in [0.2, 0.25) is 0 Å². The summed E-state index contributed by atoms with van der Waals surface area (Å²) < 4.78 is 5.40. The van der Waals surface area contributed by atoms with Crippen molar-refractivity contribution >= 4 is 0 Å². The zero-order valence-corrected chi connectivity index (χ0v) is 7.97. The van der Waals surface area contributed by atoms with Crippen molar-refractivity contribution in [3.63, 3.8) is 0 Å². The van der Waals surface area contributed by atoms with Gasteiger partial charge in [0.05, 0.1) is 19.3 Å². The second kappa shape index (κ2) is 3.57. The number of rotatable bonds is 1. The highest BCUT2D eigenvalue weighted by atomic mass is 16.5. The lowest BCUT2D eigenvalue weighted by molar-refractivity contribution is -0.0109. The fourth-order valence-corrected chi connectivity index (χ4v) is 1.58. The third-order valence-electron chi connectivity index (χ3n) is 2.44. The van der Waals surface area contributed by atoms with Gasteiger partial charge in [-0.05, 0) is 7.05 Å². The van der Waals surface area contributed by atoms with Gasteiger partial charge in [0.25, 0.3) is 0 Å². The van der Waals surface area contributed by atoms with E-state index in [-0.39, 0.29) is 6.17 Å². The van der Waals surface area contributed by atoms with Crippen LogP contribution in [0.5, 0.6) is 0 Å². The summed E-state index contributed by atoms with van der Waals surface area (Å²) >= 11 is 0. The molecule has 2 aliphatic rings. The van der Waals surface area contributed by atoms with Gasteiger partial charge in [-0.3, -0.25) is 4.90 Å². The molecule has 0 bridgehead atoms. The molecule has 74 valence electrons. The molecule has 2 unspecified atom stereocenters. The largest absolute Gasteiger partial charge is 0.378 e. The maximum Gasteiger partial charge on any atom is 0.158 e. The average molecular weight is 185 g/mol. The molecule has 0 aromatic carbocycles. The number of morpholine rings is 1. The molecule has 2 heterocycles. The van der Waals surface area contributed by atoms with Crippen LogP contribution < -0.4 is 5.43 Å². The van der Waals surface area contributed by atoms with E-state index in [1.807, 2.05) is 7.05 Å². The fourth-order valence-electron chi connectivity index (χ4n) is 1.58. The van der Waals surface area contributed by atoms with Gasteiger partial charge in [0.15, 0.2) is 6.17 Å². The van der Waals surface area contributed by atoms with Gasteiger partial charge in [-0.1, -0.05) is 5.22 Å². The van der Waals surface area contributed by atoms with Gasteiger partial charge >= 0.3 is 0 Å². The molecule has 13 heavy (non-hydrogen) atoms. The normalized spacial score (nSPS) is 35.7. The van der Waals surface area contributed by atoms with Crippen LogP contribution in [0.1, 0.15) is 0 Å². The van der Waals surface area contributed by atoms with Gasteiger partial charge < -0.3 is 4.74 Å². The molecule has 0 aromatic rings. The summed E-state index contributed by atoms with van der Waals surface area (Å²) in [4.78, 5) is 2.25. The SMILES string of the molecule is CN1N=NC(C2COCCN2C)N1. The second-order valence-corrected chi connectivity index (χ2v) is 3.43. The Labute approximate surface area is 77.5 Å². The molecule has 1 saturated heterocycles. The molecule has 0 radical (unpaired) electrons. The fraction of sp³-hybridized carbons (Fsp3) is 1.00. The Bertz CT molecular complexity index is 209. The summed E-state index contributed by atoms with van der Waals surface area (Å²) in [5.74, 6) is 0. The van der Waals surface area contributed by atoms with E-state index in [2.05, 4.69) is 27.7 Å². The first-order valence-corrected chi connectivity index (χ1v) is 4.46. The summed E-state index contributed by atoms with van der Waals surface area (Å²) in [5.41, 5.74) is 3.13. The van der Waals surface area contributed by atoms with Crippen LogP contribution in [0.25, 0.3) is 0 Å². The first-order valence-electron chi connectivity index (χ1n) is 4.46. The lowest BCUT2D eigenvalue weighted by Crippen LogP contribution is -2.54. The first kappa shape index (κ1) is 8.86. The zero-order chi connectivity index (χ0) is 9.26. The zero-order valence-electron chi connectivity index (χ0n) is 7.97. The highest BCUT2D eigenvalue weighted by Gasteiger charge is 2.31. The van der Waals surface area contributed by atoms with Crippen molar-refractivity contribution in [3.8, 4) is 0 Å². The van der Waals surface area contributed by atoms with Crippen molar-refractivity contribution in [1.29, 1.82) is 0 Å². The Kier molecular flexibility index (Phi) is 2.43. The molecule has 1 fully saturated rings. The smallest absolute Gasteiger partial charge is 0.158 e. The minimum Gasteiger partial charge on any atom is -0.378 e. The first-order chi connectivity index (χ1) is 6.27. The highest BCUT2D eigenvalue weighted by molar-refractivity contribution is 4.83. The van der Waals surface area contributed by atoms with E-state index in [4.69, 9.17) is 4.74 Å².